The second kappa shape index (κ2) is 13.1. The first-order chi connectivity index (χ1) is 17.9. The zero-order valence-corrected chi connectivity index (χ0v) is 21.3. The molecule has 1 saturated heterocycles. The average molecular weight is 509 g/mol. The molecule has 0 bridgehead atoms. The van der Waals surface area contributed by atoms with Crippen LogP contribution in [0.4, 0.5) is 0 Å². The number of hydrogen-bond acceptors (Lipinski definition) is 6. The zero-order chi connectivity index (χ0) is 26.2. The maximum atomic E-state index is 13.3. The molecular weight excluding hydrogens is 468 g/mol. The lowest BCUT2D eigenvalue weighted by atomic mass is 9.83. The van der Waals surface area contributed by atoms with Gasteiger partial charge in [0.25, 0.3) is 0 Å². The van der Waals surface area contributed by atoms with Gasteiger partial charge in [0.2, 0.25) is 5.91 Å². The first-order valence-electron chi connectivity index (χ1n) is 13.5. The van der Waals surface area contributed by atoms with Crippen molar-refractivity contribution in [3.05, 3.63) is 71.8 Å². The number of aliphatic hydroxyl groups excluding tert-OH is 1. The molecule has 1 aliphatic carbocycles. The topological polar surface area (TPSA) is 128 Å². The molecule has 0 radical (unpaired) electrons. The molecule has 2 aliphatic rings. The predicted molar refractivity (Wildman–Crippen MR) is 143 cm³/mol. The summed E-state index contributed by atoms with van der Waals surface area (Å²) in [5.41, 5.74) is 7.95. The molecule has 4 rings (SSSR count). The van der Waals surface area contributed by atoms with E-state index in [1.54, 1.807) is 0 Å². The molecule has 1 saturated carbocycles. The number of nitrogens with two attached hydrogens (primary N) is 1. The van der Waals surface area contributed by atoms with Crippen molar-refractivity contribution < 1.29 is 19.8 Å². The fourth-order valence-electron chi connectivity index (χ4n) is 5.88. The molecule has 2 aromatic carbocycles. The van der Waals surface area contributed by atoms with E-state index < -0.39 is 24.3 Å². The molecule has 1 heterocycles. The van der Waals surface area contributed by atoms with Crippen molar-refractivity contribution in [2.24, 2.45) is 11.7 Å². The molecule has 0 spiro atoms. The quantitative estimate of drug-likeness (QED) is 0.315. The van der Waals surface area contributed by atoms with Crippen LogP contribution in [-0.4, -0.2) is 71.0 Å². The van der Waals surface area contributed by atoms with Crippen molar-refractivity contribution in [3.63, 3.8) is 0 Å². The molecule has 8 nitrogen and oxygen atoms in total. The van der Waals surface area contributed by atoms with Gasteiger partial charge in [-0.1, -0.05) is 60.7 Å². The fourth-order valence-corrected chi connectivity index (χ4v) is 5.88. The van der Waals surface area contributed by atoms with Crippen molar-refractivity contribution in [2.45, 2.75) is 68.8 Å². The first kappa shape index (κ1) is 27.3. The molecule has 37 heavy (non-hydrogen) atoms. The number of aliphatic hydroxyl groups is 1. The fraction of sp³-hybridized carbons (Fsp3) is 0.517. The minimum absolute atomic E-state index is 0.0700. The van der Waals surface area contributed by atoms with E-state index in [0.717, 1.165) is 43.2 Å². The van der Waals surface area contributed by atoms with Gasteiger partial charge in [0.05, 0.1) is 18.6 Å². The van der Waals surface area contributed by atoms with Crippen molar-refractivity contribution in [2.75, 3.05) is 19.6 Å². The van der Waals surface area contributed by atoms with Gasteiger partial charge < -0.3 is 21.3 Å². The average Bonchev–Trinajstić information content (AvgIpc) is 3.41. The third-order valence-corrected chi connectivity index (χ3v) is 7.88. The molecule has 1 aliphatic heterocycles. The molecule has 2 aromatic rings. The maximum Gasteiger partial charge on any atom is 0.317 e. The molecule has 6 N–H and O–H groups in total. The number of rotatable bonds is 11. The number of carboxylic acids is 1. The summed E-state index contributed by atoms with van der Waals surface area (Å²) in [6.07, 6.45) is 4.42. The largest absolute Gasteiger partial charge is 0.480 e. The van der Waals surface area contributed by atoms with Crippen molar-refractivity contribution in [1.29, 1.82) is 0 Å². The van der Waals surface area contributed by atoms with Gasteiger partial charge in [0.15, 0.2) is 0 Å². The number of hydrogen-bond donors (Lipinski definition) is 5. The number of aliphatic carboxylic acids is 1. The van der Waals surface area contributed by atoms with Gasteiger partial charge in [-0.15, -0.1) is 0 Å². The summed E-state index contributed by atoms with van der Waals surface area (Å²) in [4.78, 5) is 26.6. The standard InChI is InChI=1S/C29H40N4O4/c30-23-15-13-20(14-16-23)18-32-28(36)24-12-7-17-33(24)29(37)27(31-19-25(34)35)26(21-8-3-1-4-9-21)22-10-5-2-6-11-22/h1-6,8-11,20,23-24,26-27,29,31,37H,7,12-19,30H2,(H,32,36)(H,34,35)/t20?,23?,24-,27+,29?/m0/s1. The molecule has 1 amide bonds. The van der Waals surface area contributed by atoms with Gasteiger partial charge in [-0.2, -0.15) is 0 Å². The lowest BCUT2D eigenvalue weighted by Crippen LogP contribution is -2.58. The Kier molecular flexibility index (Phi) is 9.68. The normalized spacial score (nSPS) is 24.0. The highest BCUT2D eigenvalue weighted by atomic mass is 16.4. The molecule has 0 aromatic heterocycles. The van der Waals surface area contributed by atoms with Crippen LogP contribution < -0.4 is 16.4 Å². The van der Waals surface area contributed by atoms with E-state index in [1.165, 1.54) is 0 Å². The summed E-state index contributed by atoms with van der Waals surface area (Å²) >= 11 is 0. The Labute approximate surface area is 219 Å². The summed E-state index contributed by atoms with van der Waals surface area (Å²) in [5.74, 6) is -0.944. The van der Waals surface area contributed by atoms with E-state index in [-0.39, 0.29) is 24.4 Å². The molecule has 1 unspecified atom stereocenters. The van der Waals surface area contributed by atoms with Crippen molar-refractivity contribution in [3.8, 4) is 0 Å². The van der Waals surface area contributed by atoms with Gasteiger partial charge in [-0.3, -0.25) is 19.8 Å². The first-order valence-corrected chi connectivity index (χ1v) is 13.5. The van der Waals surface area contributed by atoms with Crippen LogP contribution in [0.25, 0.3) is 0 Å². The van der Waals surface area contributed by atoms with Crippen LogP contribution in [-0.2, 0) is 9.59 Å². The number of amides is 1. The summed E-state index contributed by atoms with van der Waals surface area (Å²) in [5, 5.41) is 27.4. The highest BCUT2D eigenvalue weighted by Gasteiger charge is 2.41. The third-order valence-electron chi connectivity index (χ3n) is 7.88. The Morgan fingerprint density at radius 1 is 0.946 bits per heavy atom. The highest BCUT2D eigenvalue weighted by molar-refractivity contribution is 5.82. The van der Waals surface area contributed by atoms with Crippen LogP contribution >= 0.6 is 0 Å². The van der Waals surface area contributed by atoms with Crippen LogP contribution in [0, 0.1) is 5.92 Å². The van der Waals surface area contributed by atoms with Gasteiger partial charge in [-0.25, -0.2) is 0 Å². The molecule has 2 fully saturated rings. The van der Waals surface area contributed by atoms with Crippen molar-refractivity contribution in [1.82, 2.24) is 15.5 Å². The van der Waals surface area contributed by atoms with Crippen LogP contribution in [0.5, 0.6) is 0 Å². The van der Waals surface area contributed by atoms with E-state index in [4.69, 9.17) is 5.73 Å². The second-order valence-electron chi connectivity index (χ2n) is 10.4. The van der Waals surface area contributed by atoms with Gasteiger partial charge in [0, 0.05) is 25.0 Å². The third kappa shape index (κ3) is 7.17. The Morgan fingerprint density at radius 3 is 2.11 bits per heavy atom. The van der Waals surface area contributed by atoms with Crippen LogP contribution in [0.1, 0.15) is 55.6 Å². The minimum Gasteiger partial charge on any atom is -0.480 e. The minimum atomic E-state index is -1.06. The zero-order valence-electron chi connectivity index (χ0n) is 21.3. The number of carboxylic acid groups (broad SMARTS) is 1. The Bertz CT molecular complexity index is 958. The molecule has 200 valence electrons. The van der Waals surface area contributed by atoms with E-state index >= 15 is 0 Å². The number of carbonyl (C=O) groups excluding carboxylic acids is 1. The number of likely N-dealkylation sites (tertiary alicyclic amines) is 1. The van der Waals surface area contributed by atoms with E-state index in [1.807, 2.05) is 65.6 Å². The van der Waals surface area contributed by atoms with Crippen LogP contribution in [0.2, 0.25) is 0 Å². The van der Waals surface area contributed by atoms with Crippen LogP contribution in [0.3, 0.4) is 0 Å². The predicted octanol–water partition coefficient (Wildman–Crippen LogP) is 2.28. The maximum absolute atomic E-state index is 13.3. The SMILES string of the molecule is NC1CCC(CNC(=O)[C@@H]2CCCN2C(O)[C@H](NCC(=O)O)C(c2ccccc2)c2ccccc2)CC1. The summed E-state index contributed by atoms with van der Waals surface area (Å²) in [7, 11) is 0. The number of nitrogens with zero attached hydrogens (tertiary/aromatic N) is 1. The molecule has 3 atom stereocenters. The molecular formula is C29H40N4O4. The number of nitrogens with one attached hydrogen (secondary N) is 2. The Hall–Kier alpha value is -2.78. The number of carbonyl (C=O) groups is 2. The van der Waals surface area contributed by atoms with Crippen molar-refractivity contribution >= 4 is 11.9 Å². The van der Waals surface area contributed by atoms with E-state index in [2.05, 4.69) is 10.6 Å². The monoisotopic (exact) mass is 508 g/mol. The molecule has 8 heteroatoms. The highest BCUT2D eigenvalue weighted by Crippen LogP contribution is 2.33. The summed E-state index contributed by atoms with van der Waals surface area (Å²) in [6.45, 7) is 0.898. The summed E-state index contributed by atoms with van der Waals surface area (Å²) < 4.78 is 0. The smallest absolute Gasteiger partial charge is 0.317 e. The Morgan fingerprint density at radius 2 is 1.54 bits per heavy atom. The van der Waals surface area contributed by atoms with E-state index in [9.17, 15) is 19.8 Å². The van der Waals surface area contributed by atoms with Crippen LogP contribution in [0.15, 0.2) is 60.7 Å². The lowest BCUT2D eigenvalue weighted by molar-refractivity contribution is -0.137. The second-order valence-corrected chi connectivity index (χ2v) is 10.4. The summed E-state index contributed by atoms with van der Waals surface area (Å²) in [6, 6.07) is 18.8. The number of benzene rings is 2. The van der Waals surface area contributed by atoms with Gasteiger partial charge in [0.1, 0.15) is 6.23 Å². The van der Waals surface area contributed by atoms with Gasteiger partial charge in [-0.05, 0) is 55.6 Å². The Balaban J connectivity index is 1.54. The lowest BCUT2D eigenvalue weighted by Gasteiger charge is -2.39. The van der Waals surface area contributed by atoms with Gasteiger partial charge >= 0.3 is 5.97 Å². The van der Waals surface area contributed by atoms with E-state index in [0.29, 0.717) is 25.4 Å².